The van der Waals surface area contributed by atoms with Crippen LogP contribution in [0.4, 0.5) is 10.1 Å². The molecule has 0 saturated carbocycles. The predicted octanol–water partition coefficient (Wildman–Crippen LogP) is 5.22. The average Bonchev–Trinajstić information content (AvgIpc) is 2.80. The minimum Gasteiger partial charge on any atom is -0.449 e. The lowest BCUT2D eigenvalue weighted by Gasteiger charge is -2.15. The molecule has 0 unspecified atom stereocenters. The maximum absolute atomic E-state index is 13.8. The van der Waals surface area contributed by atoms with E-state index in [0.717, 1.165) is 5.56 Å². The Morgan fingerprint density at radius 1 is 0.935 bits per heavy atom. The molecule has 0 aliphatic carbocycles. The fourth-order valence-corrected chi connectivity index (χ4v) is 3.18. The van der Waals surface area contributed by atoms with Gasteiger partial charge in [-0.2, -0.15) is 0 Å². The number of carbonyl (C=O) groups excluding carboxylic acids is 2. The molecule has 0 saturated heterocycles. The third-order valence-electron chi connectivity index (χ3n) is 4.79. The van der Waals surface area contributed by atoms with Crippen LogP contribution in [0.25, 0.3) is 22.2 Å². The fourth-order valence-electron chi connectivity index (χ4n) is 3.18. The van der Waals surface area contributed by atoms with Gasteiger partial charge < -0.3 is 10.1 Å². The topological polar surface area (TPSA) is 68.3 Å². The van der Waals surface area contributed by atoms with Gasteiger partial charge in [0.1, 0.15) is 5.82 Å². The van der Waals surface area contributed by atoms with Crippen LogP contribution in [0.3, 0.4) is 0 Å². The van der Waals surface area contributed by atoms with Gasteiger partial charge in [0.15, 0.2) is 6.10 Å². The number of esters is 1. The Bertz CT molecular complexity index is 1260. The molecule has 0 fully saturated rings. The summed E-state index contributed by atoms with van der Waals surface area (Å²) in [6, 6.07) is 24.1. The molecule has 0 radical (unpaired) electrons. The van der Waals surface area contributed by atoms with E-state index in [4.69, 9.17) is 4.74 Å². The zero-order chi connectivity index (χ0) is 21.8. The SMILES string of the molecule is C[C@@H](OC(=O)c1cc(-c2ccccc2)nc2ccccc12)C(=O)Nc1ccccc1F. The summed E-state index contributed by atoms with van der Waals surface area (Å²) < 4.78 is 19.2. The van der Waals surface area contributed by atoms with Crippen LogP contribution in [0.1, 0.15) is 17.3 Å². The van der Waals surface area contributed by atoms with Crippen LogP contribution in [0.5, 0.6) is 0 Å². The molecule has 1 heterocycles. The minimum absolute atomic E-state index is 0.0242. The van der Waals surface area contributed by atoms with Gasteiger partial charge in [0.05, 0.1) is 22.5 Å². The highest BCUT2D eigenvalue weighted by molar-refractivity contribution is 6.06. The number of nitrogens with zero attached hydrogens (tertiary/aromatic N) is 1. The second-order valence-electron chi connectivity index (χ2n) is 6.95. The first-order valence-electron chi connectivity index (χ1n) is 9.74. The monoisotopic (exact) mass is 414 g/mol. The lowest BCUT2D eigenvalue weighted by molar-refractivity contribution is -0.123. The molecule has 154 valence electrons. The van der Waals surface area contributed by atoms with E-state index < -0.39 is 23.8 Å². The van der Waals surface area contributed by atoms with Crippen LogP contribution in [0.15, 0.2) is 84.9 Å². The number of amides is 1. The van der Waals surface area contributed by atoms with Crippen molar-refractivity contribution in [2.75, 3.05) is 5.32 Å². The number of nitrogens with one attached hydrogen (secondary N) is 1. The first-order valence-corrected chi connectivity index (χ1v) is 9.74. The highest BCUT2D eigenvalue weighted by Gasteiger charge is 2.22. The summed E-state index contributed by atoms with van der Waals surface area (Å²) in [5, 5.41) is 3.06. The maximum atomic E-state index is 13.8. The second kappa shape index (κ2) is 8.75. The Balaban J connectivity index is 1.61. The van der Waals surface area contributed by atoms with Crippen LogP contribution in [0, 0.1) is 5.82 Å². The van der Waals surface area contributed by atoms with Crippen molar-refractivity contribution in [1.82, 2.24) is 4.98 Å². The third kappa shape index (κ3) is 4.43. The number of benzene rings is 3. The number of hydrogen-bond donors (Lipinski definition) is 1. The predicted molar refractivity (Wildman–Crippen MR) is 117 cm³/mol. The number of fused-ring (bicyclic) bond motifs is 1. The Kier molecular flexibility index (Phi) is 5.71. The number of halogens is 1. The van der Waals surface area contributed by atoms with Crippen LogP contribution in [-0.2, 0) is 9.53 Å². The summed E-state index contributed by atoms with van der Waals surface area (Å²) in [4.78, 5) is 30.0. The quantitative estimate of drug-likeness (QED) is 0.455. The van der Waals surface area contributed by atoms with Gasteiger partial charge in [0.2, 0.25) is 0 Å². The molecule has 1 atom stereocenters. The number of aromatic nitrogens is 1. The van der Waals surface area contributed by atoms with Gasteiger partial charge in [-0.15, -0.1) is 0 Å². The summed E-state index contributed by atoms with van der Waals surface area (Å²) in [5.41, 5.74) is 2.44. The highest BCUT2D eigenvalue weighted by Crippen LogP contribution is 2.25. The van der Waals surface area contributed by atoms with Gasteiger partial charge in [-0.3, -0.25) is 4.79 Å². The molecule has 4 aromatic rings. The number of ether oxygens (including phenoxy) is 1. The van der Waals surface area contributed by atoms with Gasteiger partial charge in [0.25, 0.3) is 5.91 Å². The van der Waals surface area contributed by atoms with E-state index >= 15 is 0 Å². The van der Waals surface area contributed by atoms with E-state index in [-0.39, 0.29) is 5.69 Å². The molecule has 0 aliphatic rings. The number of pyridine rings is 1. The van der Waals surface area contributed by atoms with E-state index in [1.807, 2.05) is 42.5 Å². The number of anilines is 1. The summed E-state index contributed by atoms with van der Waals surface area (Å²) in [6.07, 6.45) is -1.13. The van der Waals surface area contributed by atoms with Gasteiger partial charge in [-0.1, -0.05) is 60.7 Å². The van der Waals surface area contributed by atoms with Crippen molar-refractivity contribution in [3.63, 3.8) is 0 Å². The zero-order valence-corrected chi connectivity index (χ0v) is 16.7. The Morgan fingerprint density at radius 3 is 2.39 bits per heavy atom. The maximum Gasteiger partial charge on any atom is 0.339 e. The van der Waals surface area contributed by atoms with Crippen LogP contribution in [0.2, 0.25) is 0 Å². The summed E-state index contributed by atoms with van der Waals surface area (Å²) >= 11 is 0. The average molecular weight is 414 g/mol. The van der Waals surface area contributed by atoms with E-state index in [2.05, 4.69) is 10.3 Å². The van der Waals surface area contributed by atoms with E-state index in [1.54, 1.807) is 24.3 Å². The number of rotatable bonds is 5. The van der Waals surface area contributed by atoms with Gasteiger partial charge >= 0.3 is 5.97 Å². The third-order valence-corrected chi connectivity index (χ3v) is 4.79. The summed E-state index contributed by atoms with van der Waals surface area (Å²) in [6.45, 7) is 1.44. The van der Waals surface area contributed by atoms with Crippen molar-refractivity contribution >= 4 is 28.5 Å². The summed E-state index contributed by atoms with van der Waals surface area (Å²) in [7, 11) is 0. The minimum atomic E-state index is -1.13. The molecule has 0 spiro atoms. The Labute approximate surface area is 178 Å². The van der Waals surface area contributed by atoms with Crippen molar-refractivity contribution in [2.24, 2.45) is 0 Å². The summed E-state index contributed by atoms with van der Waals surface area (Å²) in [5.74, 6) is -1.85. The molecule has 1 aromatic heterocycles. The Morgan fingerprint density at radius 2 is 1.61 bits per heavy atom. The second-order valence-corrected chi connectivity index (χ2v) is 6.95. The molecule has 0 aliphatic heterocycles. The number of para-hydroxylation sites is 2. The van der Waals surface area contributed by atoms with Crippen LogP contribution >= 0.6 is 0 Å². The molecular formula is C25H19FN2O3. The van der Waals surface area contributed by atoms with E-state index in [1.165, 1.54) is 25.1 Å². The number of hydrogen-bond acceptors (Lipinski definition) is 4. The smallest absolute Gasteiger partial charge is 0.339 e. The normalized spacial score (nSPS) is 11.7. The van der Waals surface area contributed by atoms with Gasteiger partial charge in [-0.25, -0.2) is 14.2 Å². The van der Waals surface area contributed by atoms with Gasteiger partial charge in [-0.05, 0) is 31.2 Å². The van der Waals surface area contributed by atoms with E-state index in [9.17, 15) is 14.0 Å². The first-order chi connectivity index (χ1) is 15.0. The Hall–Kier alpha value is -4.06. The van der Waals surface area contributed by atoms with Crippen molar-refractivity contribution in [1.29, 1.82) is 0 Å². The fraction of sp³-hybridized carbons (Fsp3) is 0.0800. The molecule has 4 rings (SSSR count). The van der Waals surface area contributed by atoms with Crippen molar-refractivity contribution in [3.05, 3.63) is 96.3 Å². The first kappa shape index (κ1) is 20.2. The van der Waals surface area contributed by atoms with E-state index in [0.29, 0.717) is 22.2 Å². The molecule has 6 heteroatoms. The standard InChI is InChI=1S/C25H19FN2O3/c1-16(24(29)28-22-14-8-6-12-20(22)26)31-25(30)19-15-23(17-9-3-2-4-10-17)27-21-13-7-5-11-18(19)21/h2-16H,1H3,(H,28,29)/t16-/m1/s1. The molecule has 3 aromatic carbocycles. The van der Waals surface area contributed by atoms with Crippen molar-refractivity contribution < 1.29 is 18.7 Å². The highest BCUT2D eigenvalue weighted by atomic mass is 19.1. The zero-order valence-electron chi connectivity index (χ0n) is 16.7. The van der Waals surface area contributed by atoms with Crippen molar-refractivity contribution in [3.8, 4) is 11.3 Å². The lowest BCUT2D eigenvalue weighted by atomic mass is 10.0. The molecule has 1 N–H and O–H groups in total. The molecule has 1 amide bonds. The molecule has 31 heavy (non-hydrogen) atoms. The molecule has 0 bridgehead atoms. The van der Waals surface area contributed by atoms with Gasteiger partial charge in [0, 0.05) is 10.9 Å². The lowest BCUT2D eigenvalue weighted by Crippen LogP contribution is -2.30. The largest absolute Gasteiger partial charge is 0.449 e. The van der Waals surface area contributed by atoms with Crippen LogP contribution < -0.4 is 5.32 Å². The molecule has 5 nitrogen and oxygen atoms in total. The number of carbonyl (C=O) groups is 2. The van der Waals surface area contributed by atoms with Crippen molar-refractivity contribution in [2.45, 2.75) is 13.0 Å². The molecular weight excluding hydrogens is 395 g/mol. The van der Waals surface area contributed by atoms with Crippen LogP contribution in [-0.4, -0.2) is 23.0 Å².